The molecule has 4 unspecified atom stereocenters. The SMILES string of the molecule is CC1OC2(C)OC1CCC2O. The monoisotopic (exact) mass is 158 g/mol. The molecule has 11 heavy (non-hydrogen) atoms. The summed E-state index contributed by atoms with van der Waals surface area (Å²) in [5.74, 6) is -0.720. The van der Waals surface area contributed by atoms with Crippen molar-refractivity contribution in [2.75, 3.05) is 0 Å². The average Bonchev–Trinajstić information content (AvgIpc) is 2.18. The molecule has 2 saturated heterocycles. The second-order valence-corrected chi connectivity index (χ2v) is 3.59. The molecular weight excluding hydrogens is 144 g/mol. The highest BCUT2D eigenvalue weighted by atomic mass is 16.8. The third-order valence-electron chi connectivity index (χ3n) is 2.66. The Labute approximate surface area is 66.3 Å². The highest BCUT2D eigenvalue weighted by Crippen LogP contribution is 2.39. The summed E-state index contributed by atoms with van der Waals surface area (Å²) in [4.78, 5) is 0. The number of aliphatic hydroxyl groups is 1. The molecule has 3 heteroatoms. The van der Waals surface area contributed by atoms with Gasteiger partial charge in [0.1, 0.15) is 6.10 Å². The first-order chi connectivity index (χ1) is 5.12. The van der Waals surface area contributed by atoms with Gasteiger partial charge in [-0.15, -0.1) is 0 Å². The zero-order chi connectivity index (χ0) is 8.06. The topological polar surface area (TPSA) is 38.7 Å². The largest absolute Gasteiger partial charge is 0.388 e. The second-order valence-electron chi connectivity index (χ2n) is 3.59. The van der Waals surface area contributed by atoms with E-state index in [9.17, 15) is 5.11 Å². The van der Waals surface area contributed by atoms with E-state index >= 15 is 0 Å². The maximum absolute atomic E-state index is 9.52. The maximum atomic E-state index is 9.52. The van der Waals surface area contributed by atoms with Crippen molar-refractivity contribution in [2.24, 2.45) is 0 Å². The van der Waals surface area contributed by atoms with E-state index < -0.39 is 11.9 Å². The van der Waals surface area contributed by atoms with Crippen LogP contribution in [0.25, 0.3) is 0 Å². The molecule has 0 aromatic heterocycles. The van der Waals surface area contributed by atoms with Crippen LogP contribution in [0.4, 0.5) is 0 Å². The molecule has 0 spiro atoms. The van der Waals surface area contributed by atoms with Crippen LogP contribution in [-0.4, -0.2) is 29.2 Å². The van der Waals surface area contributed by atoms with Gasteiger partial charge in [0.2, 0.25) is 0 Å². The lowest BCUT2D eigenvalue weighted by Gasteiger charge is -2.32. The van der Waals surface area contributed by atoms with Crippen molar-refractivity contribution >= 4 is 0 Å². The molecule has 0 saturated carbocycles. The van der Waals surface area contributed by atoms with E-state index in [0.29, 0.717) is 0 Å². The van der Waals surface area contributed by atoms with Crippen LogP contribution < -0.4 is 0 Å². The van der Waals surface area contributed by atoms with E-state index in [2.05, 4.69) is 0 Å². The fraction of sp³-hybridized carbons (Fsp3) is 1.00. The van der Waals surface area contributed by atoms with Gasteiger partial charge < -0.3 is 14.6 Å². The summed E-state index contributed by atoms with van der Waals surface area (Å²) in [7, 11) is 0. The van der Waals surface area contributed by atoms with E-state index in [4.69, 9.17) is 9.47 Å². The maximum Gasteiger partial charge on any atom is 0.192 e. The van der Waals surface area contributed by atoms with Gasteiger partial charge in [-0.1, -0.05) is 0 Å². The number of hydrogen-bond acceptors (Lipinski definition) is 3. The van der Waals surface area contributed by atoms with Crippen molar-refractivity contribution in [1.29, 1.82) is 0 Å². The summed E-state index contributed by atoms with van der Waals surface area (Å²) < 4.78 is 11.0. The van der Waals surface area contributed by atoms with Gasteiger partial charge in [0.05, 0.1) is 12.2 Å². The summed E-state index contributed by atoms with van der Waals surface area (Å²) in [5.41, 5.74) is 0. The van der Waals surface area contributed by atoms with Gasteiger partial charge in [0.15, 0.2) is 5.79 Å². The van der Waals surface area contributed by atoms with Gasteiger partial charge in [0.25, 0.3) is 0 Å². The lowest BCUT2D eigenvalue weighted by molar-refractivity contribution is -0.236. The quantitative estimate of drug-likeness (QED) is 0.563. The summed E-state index contributed by atoms with van der Waals surface area (Å²) in [5, 5.41) is 9.52. The normalized spacial score (nSPS) is 56.5. The van der Waals surface area contributed by atoms with Crippen LogP contribution in [0.15, 0.2) is 0 Å². The molecule has 2 fully saturated rings. The van der Waals surface area contributed by atoms with Crippen LogP contribution >= 0.6 is 0 Å². The van der Waals surface area contributed by atoms with E-state index in [1.165, 1.54) is 0 Å². The molecule has 4 atom stereocenters. The lowest BCUT2D eigenvalue weighted by Crippen LogP contribution is -2.43. The Bertz CT molecular complexity index is 165. The molecule has 2 aliphatic heterocycles. The Balaban J connectivity index is 2.20. The van der Waals surface area contributed by atoms with Crippen molar-refractivity contribution in [2.45, 2.75) is 50.8 Å². The molecule has 0 aliphatic carbocycles. The molecule has 2 aliphatic rings. The van der Waals surface area contributed by atoms with Crippen LogP contribution in [-0.2, 0) is 9.47 Å². The smallest absolute Gasteiger partial charge is 0.192 e. The average molecular weight is 158 g/mol. The summed E-state index contributed by atoms with van der Waals surface area (Å²) in [6.45, 7) is 3.81. The van der Waals surface area contributed by atoms with Crippen molar-refractivity contribution in [3.05, 3.63) is 0 Å². The molecular formula is C8H14O3. The number of hydrogen-bond donors (Lipinski definition) is 1. The molecule has 2 heterocycles. The Morgan fingerprint density at radius 2 is 2.09 bits per heavy atom. The van der Waals surface area contributed by atoms with Crippen LogP contribution in [0.3, 0.4) is 0 Å². The summed E-state index contributed by atoms with van der Waals surface area (Å²) >= 11 is 0. The Morgan fingerprint density at radius 3 is 2.73 bits per heavy atom. The second kappa shape index (κ2) is 2.19. The van der Waals surface area contributed by atoms with Crippen molar-refractivity contribution < 1.29 is 14.6 Å². The Morgan fingerprint density at radius 1 is 1.36 bits per heavy atom. The fourth-order valence-corrected chi connectivity index (χ4v) is 1.90. The number of aliphatic hydroxyl groups excluding tert-OH is 1. The van der Waals surface area contributed by atoms with E-state index in [1.54, 1.807) is 0 Å². The van der Waals surface area contributed by atoms with E-state index in [-0.39, 0.29) is 12.2 Å². The van der Waals surface area contributed by atoms with E-state index in [1.807, 2.05) is 13.8 Å². The minimum Gasteiger partial charge on any atom is -0.388 e. The highest BCUT2D eigenvalue weighted by molar-refractivity contribution is 4.91. The van der Waals surface area contributed by atoms with Gasteiger partial charge in [-0.25, -0.2) is 0 Å². The lowest BCUT2D eigenvalue weighted by atomic mass is 10.0. The minimum atomic E-state index is -0.720. The highest BCUT2D eigenvalue weighted by Gasteiger charge is 2.50. The van der Waals surface area contributed by atoms with Crippen LogP contribution in [0.2, 0.25) is 0 Å². The van der Waals surface area contributed by atoms with Gasteiger partial charge in [-0.05, 0) is 26.7 Å². The van der Waals surface area contributed by atoms with Crippen LogP contribution in [0.1, 0.15) is 26.7 Å². The van der Waals surface area contributed by atoms with Crippen LogP contribution in [0.5, 0.6) is 0 Å². The number of ether oxygens (including phenoxy) is 2. The first-order valence-electron chi connectivity index (χ1n) is 4.15. The first-order valence-corrected chi connectivity index (χ1v) is 4.15. The predicted molar refractivity (Wildman–Crippen MR) is 39.1 cm³/mol. The summed E-state index contributed by atoms with van der Waals surface area (Å²) in [6.07, 6.45) is 1.59. The molecule has 1 N–H and O–H groups in total. The number of rotatable bonds is 0. The predicted octanol–water partition coefficient (Wildman–Crippen LogP) is 0.661. The molecule has 0 radical (unpaired) electrons. The first kappa shape index (κ1) is 7.53. The molecule has 0 aromatic rings. The van der Waals surface area contributed by atoms with Gasteiger partial charge in [-0.2, -0.15) is 0 Å². The van der Waals surface area contributed by atoms with Gasteiger partial charge in [0, 0.05) is 0 Å². The third kappa shape index (κ3) is 0.991. The zero-order valence-electron chi connectivity index (χ0n) is 6.91. The molecule has 2 rings (SSSR count). The molecule has 0 aromatic carbocycles. The van der Waals surface area contributed by atoms with Crippen molar-refractivity contribution in [1.82, 2.24) is 0 Å². The van der Waals surface area contributed by atoms with Crippen molar-refractivity contribution in [3.63, 3.8) is 0 Å². The minimum absolute atomic E-state index is 0.136. The van der Waals surface area contributed by atoms with E-state index in [0.717, 1.165) is 12.8 Å². The van der Waals surface area contributed by atoms with Crippen molar-refractivity contribution in [3.8, 4) is 0 Å². The molecule has 64 valence electrons. The summed E-state index contributed by atoms with van der Waals surface area (Å²) in [6, 6.07) is 0. The van der Waals surface area contributed by atoms with Gasteiger partial charge >= 0.3 is 0 Å². The molecule has 2 bridgehead atoms. The van der Waals surface area contributed by atoms with Gasteiger partial charge in [-0.3, -0.25) is 0 Å². The van der Waals surface area contributed by atoms with Crippen LogP contribution in [0, 0.1) is 0 Å². The fourth-order valence-electron chi connectivity index (χ4n) is 1.90. The molecule has 3 nitrogen and oxygen atoms in total. The Kier molecular flexibility index (Phi) is 1.50. The third-order valence-corrected chi connectivity index (χ3v) is 2.66. The zero-order valence-corrected chi connectivity index (χ0v) is 6.91. The number of fused-ring (bicyclic) bond motifs is 2. The standard InChI is InChI=1S/C8H14O3/c1-5-6-3-4-7(9)8(2,10-5)11-6/h5-7,9H,3-4H2,1-2H3. The Hall–Kier alpha value is -0.120. The molecule has 0 amide bonds.